The number of thiophene rings is 1. The van der Waals surface area contributed by atoms with Gasteiger partial charge in [-0.15, -0.1) is 11.3 Å². The number of carbonyl (C=O) groups excluding carboxylic acids is 1. The molecule has 0 unspecified atom stereocenters. The van der Waals surface area contributed by atoms with Crippen molar-refractivity contribution < 1.29 is 9.53 Å². The van der Waals surface area contributed by atoms with Crippen molar-refractivity contribution in [3.8, 4) is 17.6 Å². The highest BCUT2D eigenvalue weighted by molar-refractivity contribution is 7.10. The predicted octanol–water partition coefficient (Wildman–Crippen LogP) is 2.47. The quantitative estimate of drug-likeness (QED) is 0.876. The summed E-state index contributed by atoms with van der Waals surface area (Å²) in [6.07, 6.45) is 0.411. The van der Waals surface area contributed by atoms with Crippen molar-refractivity contribution in [3.05, 3.63) is 52.2 Å². The fourth-order valence-electron chi connectivity index (χ4n) is 1.66. The van der Waals surface area contributed by atoms with E-state index in [2.05, 4.69) is 17.2 Å². The van der Waals surface area contributed by atoms with E-state index >= 15 is 0 Å². The summed E-state index contributed by atoms with van der Waals surface area (Å²) in [5, 5.41) is 4.74. The molecule has 20 heavy (non-hydrogen) atoms. The summed E-state index contributed by atoms with van der Waals surface area (Å²) in [4.78, 5) is 12.7. The van der Waals surface area contributed by atoms with E-state index in [1.54, 1.807) is 18.4 Å². The van der Waals surface area contributed by atoms with Gasteiger partial charge in [0.25, 0.3) is 0 Å². The molecule has 1 aromatic heterocycles. The predicted molar refractivity (Wildman–Crippen MR) is 80.9 cm³/mol. The molecule has 102 valence electrons. The van der Waals surface area contributed by atoms with E-state index in [0.717, 1.165) is 16.2 Å². The number of hydrogen-bond donors (Lipinski definition) is 1. The standard InChI is InChI=1S/C16H15NO2S/c1-19-15-9-3-2-6-13(15)7-4-10-17-16(18)12-14-8-5-11-20-14/h2-3,5-6,8-9,11H,10,12H2,1H3,(H,17,18). The van der Waals surface area contributed by atoms with Gasteiger partial charge in [-0.3, -0.25) is 4.79 Å². The maximum atomic E-state index is 11.6. The first-order chi connectivity index (χ1) is 9.79. The maximum Gasteiger partial charge on any atom is 0.226 e. The number of hydrogen-bond acceptors (Lipinski definition) is 3. The molecule has 2 rings (SSSR count). The van der Waals surface area contributed by atoms with E-state index in [9.17, 15) is 4.79 Å². The highest BCUT2D eigenvalue weighted by Crippen LogP contribution is 2.15. The van der Waals surface area contributed by atoms with Crippen molar-refractivity contribution in [2.75, 3.05) is 13.7 Å². The molecule has 3 nitrogen and oxygen atoms in total. The molecule has 1 amide bonds. The van der Waals surface area contributed by atoms with Gasteiger partial charge >= 0.3 is 0 Å². The number of rotatable bonds is 4. The Morgan fingerprint density at radius 3 is 2.90 bits per heavy atom. The molecule has 0 aliphatic heterocycles. The molecule has 1 aromatic carbocycles. The Morgan fingerprint density at radius 1 is 1.30 bits per heavy atom. The Bertz CT molecular complexity index is 623. The summed E-state index contributed by atoms with van der Waals surface area (Å²) in [5.41, 5.74) is 0.822. The fraction of sp³-hybridized carbons (Fsp3) is 0.188. The Balaban J connectivity index is 1.84. The molecular formula is C16H15NO2S. The van der Waals surface area contributed by atoms with Gasteiger partial charge in [-0.1, -0.05) is 30.0 Å². The minimum absolute atomic E-state index is 0.0122. The zero-order valence-corrected chi connectivity index (χ0v) is 12.0. The Morgan fingerprint density at radius 2 is 2.15 bits per heavy atom. The number of benzene rings is 1. The van der Waals surface area contributed by atoms with Crippen LogP contribution in [-0.2, 0) is 11.2 Å². The summed E-state index contributed by atoms with van der Waals surface area (Å²) < 4.78 is 5.21. The molecule has 0 bridgehead atoms. The lowest BCUT2D eigenvalue weighted by Crippen LogP contribution is -2.24. The third-order valence-corrected chi connectivity index (χ3v) is 3.50. The van der Waals surface area contributed by atoms with Crippen molar-refractivity contribution in [2.24, 2.45) is 0 Å². The average molecular weight is 285 g/mol. The van der Waals surface area contributed by atoms with Crippen LogP contribution in [0.15, 0.2) is 41.8 Å². The first-order valence-corrected chi connectivity index (χ1v) is 7.08. The number of amides is 1. The van der Waals surface area contributed by atoms with E-state index in [1.165, 1.54) is 0 Å². The maximum absolute atomic E-state index is 11.6. The number of carbonyl (C=O) groups is 1. The van der Waals surface area contributed by atoms with E-state index in [1.807, 2.05) is 41.8 Å². The van der Waals surface area contributed by atoms with Crippen LogP contribution >= 0.6 is 11.3 Å². The van der Waals surface area contributed by atoms with Crippen LogP contribution in [0.1, 0.15) is 10.4 Å². The minimum Gasteiger partial charge on any atom is -0.495 e. The lowest BCUT2D eigenvalue weighted by atomic mass is 10.2. The summed E-state index contributed by atoms with van der Waals surface area (Å²) in [5.74, 6) is 6.65. The summed E-state index contributed by atoms with van der Waals surface area (Å²) in [6.45, 7) is 0.336. The van der Waals surface area contributed by atoms with Crippen LogP contribution in [0.4, 0.5) is 0 Å². The zero-order chi connectivity index (χ0) is 14.2. The second kappa shape index (κ2) is 7.37. The van der Waals surface area contributed by atoms with Crippen LogP contribution in [-0.4, -0.2) is 19.6 Å². The van der Waals surface area contributed by atoms with Gasteiger partial charge in [-0.05, 0) is 23.6 Å². The Hall–Kier alpha value is -2.25. The van der Waals surface area contributed by atoms with Gasteiger partial charge in [0, 0.05) is 4.88 Å². The molecule has 1 heterocycles. The molecule has 0 aliphatic rings. The molecule has 0 spiro atoms. The van der Waals surface area contributed by atoms with E-state index in [4.69, 9.17) is 4.74 Å². The van der Waals surface area contributed by atoms with Gasteiger partial charge in [0.05, 0.1) is 25.6 Å². The Kier molecular flexibility index (Phi) is 5.22. The van der Waals surface area contributed by atoms with Crippen molar-refractivity contribution >= 4 is 17.2 Å². The van der Waals surface area contributed by atoms with Crippen LogP contribution in [0.25, 0.3) is 0 Å². The summed E-state index contributed by atoms with van der Waals surface area (Å²) in [6, 6.07) is 11.4. The van der Waals surface area contributed by atoms with Gasteiger partial charge in [0.2, 0.25) is 5.91 Å². The number of nitrogens with one attached hydrogen (secondary N) is 1. The van der Waals surface area contributed by atoms with Gasteiger partial charge < -0.3 is 10.1 Å². The molecule has 0 saturated carbocycles. The van der Waals surface area contributed by atoms with Crippen LogP contribution in [0, 0.1) is 11.8 Å². The van der Waals surface area contributed by atoms with Crippen molar-refractivity contribution in [1.82, 2.24) is 5.32 Å². The molecule has 0 fully saturated rings. The number of methoxy groups -OCH3 is 1. The zero-order valence-electron chi connectivity index (χ0n) is 11.2. The summed E-state index contributed by atoms with van der Waals surface area (Å²) >= 11 is 1.58. The molecule has 2 aromatic rings. The first kappa shape index (κ1) is 14.2. The largest absolute Gasteiger partial charge is 0.495 e. The molecule has 0 radical (unpaired) electrons. The van der Waals surface area contributed by atoms with Crippen LogP contribution in [0.5, 0.6) is 5.75 Å². The molecule has 4 heteroatoms. The average Bonchev–Trinajstić information content (AvgIpc) is 2.97. The van der Waals surface area contributed by atoms with Crippen LogP contribution in [0.3, 0.4) is 0 Å². The van der Waals surface area contributed by atoms with Gasteiger partial charge in [-0.25, -0.2) is 0 Å². The lowest BCUT2D eigenvalue weighted by molar-refractivity contribution is -0.120. The normalized spacial score (nSPS) is 9.45. The smallest absolute Gasteiger partial charge is 0.226 e. The lowest BCUT2D eigenvalue weighted by Gasteiger charge is -2.01. The SMILES string of the molecule is COc1ccccc1C#CCNC(=O)Cc1cccs1. The fourth-order valence-corrected chi connectivity index (χ4v) is 2.37. The van der Waals surface area contributed by atoms with Crippen molar-refractivity contribution in [3.63, 3.8) is 0 Å². The van der Waals surface area contributed by atoms with Crippen molar-refractivity contribution in [1.29, 1.82) is 0 Å². The molecular weight excluding hydrogens is 270 g/mol. The highest BCUT2D eigenvalue weighted by atomic mass is 32.1. The van der Waals surface area contributed by atoms with Crippen LogP contribution in [0.2, 0.25) is 0 Å². The third kappa shape index (κ3) is 4.15. The van der Waals surface area contributed by atoms with Crippen molar-refractivity contribution in [2.45, 2.75) is 6.42 Å². The van der Waals surface area contributed by atoms with Gasteiger partial charge in [-0.2, -0.15) is 0 Å². The first-order valence-electron chi connectivity index (χ1n) is 6.20. The number of para-hydroxylation sites is 1. The second-order valence-electron chi connectivity index (χ2n) is 4.03. The van der Waals surface area contributed by atoms with E-state index in [0.29, 0.717) is 13.0 Å². The highest BCUT2D eigenvalue weighted by Gasteiger charge is 2.02. The topological polar surface area (TPSA) is 38.3 Å². The third-order valence-electron chi connectivity index (χ3n) is 2.62. The van der Waals surface area contributed by atoms with Gasteiger partial charge in [0.15, 0.2) is 0 Å². The second-order valence-corrected chi connectivity index (χ2v) is 5.07. The van der Waals surface area contributed by atoms with Gasteiger partial charge in [0.1, 0.15) is 5.75 Å². The summed E-state index contributed by atoms with van der Waals surface area (Å²) in [7, 11) is 1.61. The minimum atomic E-state index is -0.0122. The molecule has 0 atom stereocenters. The molecule has 0 aliphatic carbocycles. The molecule has 1 N–H and O–H groups in total. The molecule has 0 saturated heterocycles. The Labute approximate surface area is 122 Å². The number of ether oxygens (including phenoxy) is 1. The van der Waals surface area contributed by atoms with E-state index in [-0.39, 0.29) is 5.91 Å². The van der Waals surface area contributed by atoms with Crippen LogP contribution < -0.4 is 10.1 Å². The van der Waals surface area contributed by atoms with E-state index < -0.39 is 0 Å². The monoisotopic (exact) mass is 285 g/mol.